The van der Waals surface area contributed by atoms with E-state index in [0.717, 1.165) is 17.9 Å². The molecule has 4 atom stereocenters. The third kappa shape index (κ3) is 7.34. The van der Waals surface area contributed by atoms with Gasteiger partial charge in [-0.15, -0.1) is 0 Å². The lowest BCUT2D eigenvalue weighted by molar-refractivity contribution is -0.881. The number of likely N-dealkylation sites (N-methyl/N-ethyl adjacent to an activating group) is 1. The van der Waals surface area contributed by atoms with Crippen molar-refractivity contribution >= 4 is 11.8 Å². The van der Waals surface area contributed by atoms with Crippen LogP contribution < -0.4 is 15.5 Å². The average molecular weight is 327 g/mol. The number of carbonyl (C=O) groups excluding carboxylic acids is 2. The Morgan fingerprint density at radius 3 is 2.26 bits per heavy atom. The van der Waals surface area contributed by atoms with E-state index in [4.69, 9.17) is 0 Å². The normalized spacial score (nSPS) is 26.4. The summed E-state index contributed by atoms with van der Waals surface area (Å²) in [5.41, 5.74) is -0.230. The lowest BCUT2D eigenvalue weighted by Crippen LogP contribution is -3.14. The van der Waals surface area contributed by atoms with E-state index in [9.17, 15) is 9.59 Å². The van der Waals surface area contributed by atoms with Gasteiger partial charge in [-0.25, -0.2) is 0 Å². The molecule has 5 nitrogen and oxygen atoms in total. The van der Waals surface area contributed by atoms with Crippen molar-refractivity contribution in [3.63, 3.8) is 0 Å². The predicted molar refractivity (Wildman–Crippen MR) is 93.2 cm³/mol. The van der Waals surface area contributed by atoms with E-state index in [1.807, 2.05) is 27.7 Å². The standard InChI is InChI=1S/C18H35N3O2/c1-7-21(12-17(23)20-18(4,5)6)11-16(22)19-15-10-8-9-13(2)14(15)3/h13-15H,7-12H2,1-6H3,(H,19,22)(H,20,23)/p+1/t13-,14-,15+/m0/s1. The van der Waals surface area contributed by atoms with E-state index in [1.54, 1.807) is 0 Å². The zero-order chi connectivity index (χ0) is 17.6. The Kier molecular flexibility index (Phi) is 7.52. The van der Waals surface area contributed by atoms with Crippen LogP contribution in [0.2, 0.25) is 0 Å². The highest BCUT2D eigenvalue weighted by Crippen LogP contribution is 2.29. The number of hydrogen-bond donors (Lipinski definition) is 3. The van der Waals surface area contributed by atoms with E-state index < -0.39 is 0 Å². The highest BCUT2D eigenvalue weighted by Gasteiger charge is 2.29. The molecule has 3 N–H and O–H groups in total. The Balaban J connectivity index is 2.45. The Morgan fingerprint density at radius 1 is 1.09 bits per heavy atom. The molecule has 0 saturated heterocycles. The summed E-state index contributed by atoms with van der Waals surface area (Å²) < 4.78 is 0. The lowest BCUT2D eigenvalue weighted by atomic mass is 9.78. The Morgan fingerprint density at radius 2 is 1.70 bits per heavy atom. The van der Waals surface area contributed by atoms with E-state index in [-0.39, 0.29) is 23.4 Å². The molecule has 1 fully saturated rings. The molecule has 0 bridgehead atoms. The number of quaternary nitrogens is 1. The summed E-state index contributed by atoms with van der Waals surface area (Å²) in [5, 5.41) is 6.15. The van der Waals surface area contributed by atoms with Crippen molar-refractivity contribution in [2.24, 2.45) is 11.8 Å². The second kappa shape index (κ2) is 8.67. The molecule has 1 aliphatic carbocycles. The van der Waals surface area contributed by atoms with Crippen molar-refractivity contribution in [2.45, 2.75) is 72.4 Å². The van der Waals surface area contributed by atoms with Crippen LogP contribution in [0.4, 0.5) is 0 Å². The van der Waals surface area contributed by atoms with Crippen molar-refractivity contribution in [3.8, 4) is 0 Å². The molecule has 0 heterocycles. The van der Waals surface area contributed by atoms with E-state index in [1.165, 1.54) is 12.8 Å². The number of nitrogens with one attached hydrogen (secondary N) is 3. The molecule has 0 radical (unpaired) electrons. The first kappa shape index (κ1) is 19.9. The van der Waals surface area contributed by atoms with Crippen molar-refractivity contribution in [3.05, 3.63) is 0 Å². The number of hydrogen-bond acceptors (Lipinski definition) is 2. The Bertz CT molecular complexity index is 404. The van der Waals surface area contributed by atoms with Gasteiger partial charge in [0.1, 0.15) is 0 Å². The van der Waals surface area contributed by atoms with Crippen LogP contribution in [0.1, 0.15) is 60.8 Å². The van der Waals surface area contributed by atoms with Gasteiger partial charge in [0.25, 0.3) is 11.8 Å². The first-order valence-electron chi connectivity index (χ1n) is 9.06. The molecular weight excluding hydrogens is 290 g/mol. The van der Waals surface area contributed by atoms with Gasteiger partial charge in [-0.05, 0) is 46.0 Å². The largest absolute Gasteiger partial charge is 0.348 e. The fourth-order valence-electron chi connectivity index (χ4n) is 3.27. The lowest BCUT2D eigenvalue weighted by Gasteiger charge is -2.34. The quantitative estimate of drug-likeness (QED) is 0.674. The SMILES string of the molecule is CC[NH+](CC(=O)N[C@@H]1CCC[C@H](C)[C@@H]1C)CC(=O)NC(C)(C)C. The van der Waals surface area contributed by atoms with Crippen LogP contribution in [0, 0.1) is 11.8 Å². The number of carbonyl (C=O) groups is 2. The molecular formula is C18H36N3O2+. The second-order valence-electron chi connectivity index (χ2n) is 8.20. The molecule has 1 unspecified atom stereocenters. The second-order valence-corrected chi connectivity index (χ2v) is 8.20. The summed E-state index contributed by atoms with van der Waals surface area (Å²) in [6, 6.07) is 0.285. The Hall–Kier alpha value is -1.10. The minimum atomic E-state index is -0.230. The van der Waals surface area contributed by atoms with Crippen LogP contribution in [0.3, 0.4) is 0 Å². The highest BCUT2D eigenvalue weighted by molar-refractivity contribution is 5.79. The first-order valence-corrected chi connectivity index (χ1v) is 9.06. The van der Waals surface area contributed by atoms with E-state index >= 15 is 0 Å². The molecule has 2 amide bonds. The zero-order valence-electron chi connectivity index (χ0n) is 15.8. The van der Waals surface area contributed by atoms with Gasteiger partial charge in [-0.2, -0.15) is 0 Å². The summed E-state index contributed by atoms with van der Waals surface area (Å²) in [6.07, 6.45) is 3.52. The fourth-order valence-corrected chi connectivity index (χ4v) is 3.27. The molecule has 1 rings (SSSR count). The van der Waals surface area contributed by atoms with Crippen LogP contribution >= 0.6 is 0 Å². The maximum atomic E-state index is 12.3. The van der Waals surface area contributed by atoms with Crippen LogP contribution in [0.5, 0.6) is 0 Å². The van der Waals surface area contributed by atoms with Gasteiger partial charge in [0.05, 0.1) is 6.54 Å². The van der Waals surface area contributed by atoms with Crippen molar-refractivity contribution in [1.82, 2.24) is 10.6 Å². The van der Waals surface area contributed by atoms with E-state index in [0.29, 0.717) is 24.9 Å². The molecule has 134 valence electrons. The topological polar surface area (TPSA) is 62.6 Å². The van der Waals surface area contributed by atoms with Gasteiger partial charge < -0.3 is 15.5 Å². The maximum Gasteiger partial charge on any atom is 0.275 e. The van der Waals surface area contributed by atoms with Crippen molar-refractivity contribution in [2.75, 3.05) is 19.6 Å². The van der Waals surface area contributed by atoms with Gasteiger partial charge in [0, 0.05) is 11.6 Å². The minimum Gasteiger partial charge on any atom is -0.348 e. The molecule has 0 aromatic rings. The molecule has 0 aromatic heterocycles. The van der Waals surface area contributed by atoms with Gasteiger partial charge >= 0.3 is 0 Å². The van der Waals surface area contributed by atoms with Crippen LogP contribution in [-0.4, -0.2) is 43.0 Å². The van der Waals surface area contributed by atoms with Crippen molar-refractivity contribution < 1.29 is 14.5 Å². The van der Waals surface area contributed by atoms with Gasteiger partial charge in [-0.1, -0.05) is 26.7 Å². The van der Waals surface area contributed by atoms with Crippen LogP contribution in [-0.2, 0) is 9.59 Å². The van der Waals surface area contributed by atoms with E-state index in [2.05, 4.69) is 24.5 Å². The summed E-state index contributed by atoms with van der Waals surface area (Å²) >= 11 is 0. The van der Waals surface area contributed by atoms with Gasteiger partial charge in [-0.3, -0.25) is 9.59 Å². The monoisotopic (exact) mass is 326 g/mol. The van der Waals surface area contributed by atoms with Gasteiger partial charge in [0.2, 0.25) is 0 Å². The molecule has 1 aliphatic rings. The summed E-state index contributed by atoms with van der Waals surface area (Å²) in [7, 11) is 0. The number of amides is 2. The molecule has 1 saturated carbocycles. The summed E-state index contributed by atoms with van der Waals surface area (Å²) in [4.78, 5) is 25.4. The van der Waals surface area contributed by atoms with Gasteiger partial charge in [0.15, 0.2) is 13.1 Å². The molecule has 0 aromatic carbocycles. The highest BCUT2D eigenvalue weighted by atomic mass is 16.2. The molecule has 0 spiro atoms. The minimum absolute atomic E-state index is 0.00167. The average Bonchev–Trinajstić information content (AvgIpc) is 2.41. The molecule has 23 heavy (non-hydrogen) atoms. The third-order valence-corrected chi connectivity index (χ3v) is 4.89. The third-order valence-electron chi connectivity index (χ3n) is 4.89. The summed E-state index contributed by atoms with van der Waals surface area (Å²) in [6.45, 7) is 13.9. The van der Waals surface area contributed by atoms with Crippen LogP contribution in [0.25, 0.3) is 0 Å². The Labute approximate surface area is 141 Å². The smallest absolute Gasteiger partial charge is 0.275 e. The van der Waals surface area contributed by atoms with Crippen LogP contribution in [0.15, 0.2) is 0 Å². The zero-order valence-corrected chi connectivity index (χ0v) is 15.8. The first-order chi connectivity index (χ1) is 10.6. The fraction of sp³-hybridized carbons (Fsp3) is 0.889. The predicted octanol–water partition coefficient (Wildman–Crippen LogP) is 0.747. The maximum absolute atomic E-state index is 12.3. The molecule has 5 heteroatoms. The summed E-state index contributed by atoms with van der Waals surface area (Å²) in [5.74, 6) is 1.27. The van der Waals surface area contributed by atoms with Crippen molar-refractivity contribution in [1.29, 1.82) is 0 Å². The molecule has 0 aliphatic heterocycles. The number of rotatable bonds is 6.